The van der Waals surface area contributed by atoms with Crippen molar-refractivity contribution >= 4 is 23.1 Å². The van der Waals surface area contributed by atoms with Crippen LogP contribution < -0.4 is 10.9 Å². The predicted octanol–water partition coefficient (Wildman–Crippen LogP) is 4.22. The Bertz CT molecular complexity index is 1080. The highest BCUT2D eigenvalue weighted by molar-refractivity contribution is 6.30. The topological polar surface area (TPSA) is 59.5 Å². The number of anilines is 1. The van der Waals surface area contributed by atoms with Gasteiger partial charge in [-0.15, -0.1) is 0 Å². The van der Waals surface area contributed by atoms with E-state index in [0.717, 1.165) is 17.1 Å². The van der Waals surface area contributed by atoms with E-state index in [0.29, 0.717) is 23.0 Å². The van der Waals surface area contributed by atoms with Gasteiger partial charge in [-0.3, -0.25) is 9.20 Å². The van der Waals surface area contributed by atoms with Crippen molar-refractivity contribution in [3.8, 4) is 11.3 Å². The van der Waals surface area contributed by atoms with Gasteiger partial charge in [0.1, 0.15) is 23.0 Å². The number of hydrogen-bond donors (Lipinski definition) is 1. The van der Waals surface area contributed by atoms with Gasteiger partial charge in [0.05, 0.1) is 6.54 Å². The molecule has 1 aromatic carbocycles. The van der Waals surface area contributed by atoms with Crippen LogP contribution in [0.2, 0.25) is 5.02 Å². The molecule has 0 aliphatic carbocycles. The van der Waals surface area contributed by atoms with Gasteiger partial charge in [-0.2, -0.15) is 0 Å². The van der Waals surface area contributed by atoms with Gasteiger partial charge in [0.2, 0.25) is 0 Å². The van der Waals surface area contributed by atoms with Crippen LogP contribution in [-0.4, -0.2) is 9.38 Å². The van der Waals surface area contributed by atoms with Gasteiger partial charge >= 0.3 is 0 Å². The van der Waals surface area contributed by atoms with Crippen molar-refractivity contribution in [2.45, 2.75) is 6.54 Å². The molecular formula is C19H14ClN3O2. The highest BCUT2D eigenvalue weighted by Crippen LogP contribution is 2.24. The maximum atomic E-state index is 12.1. The smallest absolute Gasteiger partial charge is 0.259 e. The molecule has 0 aliphatic rings. The Morgan fingerprint density at radius 3 is 2.76 bits per heavy atom. The fourth-order valence-electron chi connectivity index (χ4n) is 2.56. The van der Waals surface area contributed by atoms with E-state index >= 15 is 0 Å². The van der Waals surface area contributed by atoms with Crippen molar-refractivity contribution in [2.75, 3.05) is 5.32 Å². The van der Waals surface area contributed by atoms with Crippen molar-refractivity contribution in [1.82, 2.24) is 9.38 Å². The van der Waals surface area contributed by atoms with Crippen LogP contribution in [0.5, 0.6) is 0 Å². The predicted molar refractivity (Wildman–Crippen MR) is 97.9 cm³/mol. The summed E-state index contributed by atoms with van der Waals surface area (Å²) in [6, 6.07) is 18.2. The van der Waals surface area contributed by atoms with Crippen molar-refractivity contribution in [2.24, 2.45) is 0 Å². The van der Waals surface area contributed by atoms with Crippen LogP contribution in [0, 0.1) is 0 Å². The number of benzene rings is 1. The van der Waals surface area contributed by atoms with Crippen LogP contribution in [0.4, 0.5) is 5.82 Å². The molecule has 4 aromatic rings. The number of fused-ring (bicyclic) bond motifs is 1. The monoisotopic (exact) mass is 351 g/mol. The largest absolute Gasteiger partial charge is 0.459 e. The van der Waals surface area contributed by atoms with Crippen molar-refractivity contribution < 1.29 is 4.42 Å². The van der Waals surface area contributed by atoms with Gasteiger partial charge in [-0.05, 0) is 48.5 Å². The summed E-state index contributed by atoms with van der Waals surface area (Å²) >= 11 is 5.90. The molecule has 0 atom stereocenters. The van der Waals surface area contributed by atoms with Gasteiger partial charge in [-0.1, -0.05) is 17.7 Å². The lowest BCUT2D eigenvalue weighted by Crippen LogP contribution is -2.15. The molecule has 1 N–H and O–H groups in total. The summed E-state index contributed by atoms with van der Waals surface area (Å²) in [5.74, 6) is 2.03. The summed E-state index contributed by atoms with van der Waals surface area (Å²) < 4.78 is 7.33. The lowest BCUT2D eigenvalue weighted by molar-refractivity contribution is 0.531. The van der Waals surface area contributed by atoms with Gasteiger partial charge in [0.25, 0.3) is 5.56 Å². The average molecular weight is 352 g/mol. The average Bonchev–Trinajstić information content (AvgIpc) is 3.10. The number of aromatic nitrogens is 2. The Labute approximate surface area is 148 Å². The molecule has 0 radical (unpaired) electrons. The number of nitrogens with zero attached hydrogens (tertiary/aromatic N) is 2. The van der Waals surface area contributed by atoms with Crippen LogP contribution in [0.15, 0.2) is 76.1 Å². The first-order valence-electron chi connectivity index (χ1n) is 7.76. The van der Waals surface area contributed by atoms with Crippen molar-refractivity contribution in [1.29, 1.82) is 0 Å². The maximum Gasteiger partial charge on any atom is 0.259 e. The second-order valence-corrected chi connectivity index (χ2v) is 5.97. The fourth-order valence-corrected chi connectivity index (χ4v) is 2.69. The number of rotatable bonds is 4. The third-order valence-corrected chi connectivity index (χ3v) is 4.06. The normalized spacial score (nSPS) is 10.9. The molecule has 0 unspecified atom stereocenters. The molecule has 3 aromatic heterocycles. The lowest BCUT2D eigenvalue weighted by atomic mass is 10.2. The zero-order valence-electron chi connectivity index (χ0n) is 13.1. The lowest BCUT2D eigenvalue weighted by Gasteiger charge is -2.05. The van der Waals surface area contributed by atoms with E-state index < -0.39 is 0 Å². The second kappa shape index (κ2) is 6.45. The van der Waals surface area contributed by atoms with Crippen LogP contribution in [0.25, 0.3) is 17.0 Å². The first-order chi connectivity index (χ1) is 12.2. The van der Waals surface area contributed by atoms with E-state index in [1.54, 1.807) is 18.3 Å². The highest BCUT2D eigenvalue weighted by atomic mass is 35.5. The number of nitrogens with one attached hydrogen (secondary N) is 1. The second-order valence-electron chi connectivity index (χ2n) is 5.53. The molecule has 0 amide bonds. The summed E-state index contributed by atoms with van der Waals surface area (Å²) in [6.45, 7) is 0.434. The molecule has 0 fully saturated rings. The summed E-state index contributed by atoms with van der Waals surface area (Å²) in [7, 11) is 0. The van der Waals surface area contributed by atoms with Crippen LogP contribution >= 0.6 is 11.6 Å². The molecule has 3 heterocycles. The Morgan fingerprint density at radius 1 is 1.08 bits per heavy atom. The molecule has 124 valence electrons. The number of pyridine rings is 1. The van der Waals surface area contributed by atoms with E-state index in [-0.39, 0.29) is 5.56 Å². The van der Waals surface area contributed by atoms with Gasteiger partial charge in [0, 0.05) is 22.8 Å². The van der Waals surface area contributed by atoms with Crippen LogP contribution in [-0.2, 0) is 6.54 Å². The van der Waals surface area contributed by atoms with Gasteiger partial charge in [-0.25, -0.2) is 4.98 Å². The molecule has 0 saturated heterocycles. The minimum absolute atomic E-state index is 0.130. The van der Waals surface area contributed by atoms with E-state index in [1.165, 1.54) is 10.5 Å². The zero-order chi connectivity index (χ0) is 17.2. The van der Waals surface area contributed by atoms with E-state index in [2.05, 4.69) is 10.3 Å². The molecule has 4 rings (SSSR count). The SMILES string of the molecule is O=c1cc(NCc2ccc(-c3ccc(Cl)cc3)o2)nc2ccccn12. The van der Waals surface area contributed by atoms with Gasteiger partial charge < -0.3 is 9.73 Å². The Hall–Kier alpha value is -3.05. The van der Waals surface area contributed by atoms with Crippen molar-refractivity contribution in [3.63, 3.8) is 0 Å². The highest BCUT2D eigenvalue weighted by Gasteiger charge is 2.06. The molecule has 5 nitrogen and oxygen atoms in total. The zero-order valence-corrected chi connectivity index (χ0v) is 13.9. The molecule has 25 heavy (non-hydrogen) atoms. The quantitative estimate of drug-likeness (QED) is 0.598. The molecular weight excluding hydrogens is 338 g/mol. The van der Waals surface area contributed by atoms with Crippen molar-refractivity contribution in [3.05, 3.63) is 88.0 Å². The summed E-state index contributed by atoms with van der Waals surface area (Å²) in [6.07, 6.45) is 1.69. The Kier molecular flexibility index (Phi) is 3.99. The summed E-state index contributed by atoms with van der Waals surface area (Å²) in [5.41, 5.74) is 1.42. The Morgan fingerprint density at radius 2 is 1.92 bits per heavy atom. The van der Waals surface area contributed by atoms with E-state index in [1.807, 2.05) is 42.5 Å². The number of halogens is 1. The minimum atomic E-state index is -0.130. The van der Waals surface area contributed by atoms with Crippen LogP contribution in [0.3, 0.4) is 0 Å². The Balaban J connectivity index is 1.52. The van der Waals surface area contributed by atoms with E-state index in [9.17, 15) is 4.79 Å². The molecule has 0 bridgehead atoms. The fraction of sp³-hybridized carbons (Fsp3) is 0.0526. The summed E-state index contributed by atoms with van der Waals surface area (Å²) in [5, 5.41) is 3.81. The minimum Gasteiger partial charge on any atom is -0.459 e. The third kappa shape index (κ3) is 3.27. The third-order valence-electron chi connectivity index (χ3n) is 3.81. The first-order valence-corrected chi connectivity index (χ1v) is 8.14. The molecule has 0 saturated carbocycles. The molecule has 6 heteroatoms. The standard InChI is InChI=1S/C19H14ClN3O2/c20-14-6-4-13(5-7-14)16-9-8-15(25-16)12-21-17-11-19(24)23-10-2-1-3-18(23)22-17/h1-11,21H,12H2. The molecule has 0 aliphatic heterocycles. The first kappa shape index (κ1) is 15.5. The summed E-state index contributed by atoms with van der Waals surface area (Å²) in [4.78, 5) is 16.5. The molecule has 0 spiro atoms. The number of furan rings is 1. The van der Waals surface area contributed by atoms with Crippen LogP contribution in [0.1, 0.15) is 5.76 Å². The van der Waals surface area contributed by atoms with E-state index in [4.69, 9.17) is 16.0 Å². The van der Waals surface area contributed by atoms with Gasteiger partial charge in [0.15, 0.2) is 0 Å². The maximum absolute atomic E-state index is 12.1. The number of hydrogen-bond acceptors (Lipinski definition) is 4.